The Kier molecular flexibility index (Phi) is 6.46. The van der Waals surface area contributed by atoms with E-state index in [0.717, 1.165) is 32.2 Å². The quantitative estimate of drug-likeness (QED) is 0.645. The van der Waals surface area contributed by atoms with Gasteiger partial charge in [0.2, 0.25) is 0 Å². The lowest BCUT2D eigenvalue weighted by atomic mass is 9.93. The summed E-state index contributed by atoms with van der Waals surface area (Å²) in [6.45, 7) is 14.0. The Morgan fingerprint density at radius 3 is 2.61 bits per heavy atom. The van der Waals surface area contributed by atoms with Gasteiger partial charge in [-0.3, -0.25) is 0 Å². The van der Waals surface area contributed by atoms with Gasteiger partial charge in [0.05, 0.1) is 13.2 Å². The molecule has 4 heteroatoms. The van der Waals surface area contributed by atoms with Gasteiger partial charge in [-0.2, -0.15) is 0 Å². The Labute approximate surface area is 140 Å². The molecule has 0 saturated carbocycles. The molecule has 1 aliphatic heterocycles. The number of likely N-dealkylation sites (tertiary alicyclic amines) is 1. The third kappa shape index (κ3) is 5.24. The maximum atomic E-state index is 5.57. The zero-order chi connectivity index (χ0) is 16.7. The first-order valence-corrected chi connectivity index (χ1v) is 8.73. The lowest BCUT2D eigenvalue weighted by Gasteiger charge is -2.23. The summed E-state index contributed by atoms with van der Waals surface area (Å²) in [5.74, 6) is 1.03. The average molecular weight is 317 g/mol. The molecule has 1 heterocycles. The fourth-order valence-corrected chi connectivity index (χ4v) is 2.94. The van der Waals surface area contributed by atoms with E-state index >= 15 is 0 Å². The maximum absolute atomic E-state index is 5.57. The molecule has 1 N–H and O–H groups in total. The zero-order valence-corrected chi connectivity index (χ0v) is 15.1. The highest BCUT2D eigenvalue weighted by Gasteiger charge is 2.30. The molecule has 1 aliphatic rings. The predicted octanol–water partition coefficient (Wildman–Crippen LogP) is 3.42. The molecule has 0 bridgehead atoms. The van der Waals surface area contributed by atoms with E-state index in [2.05, 4.69) is 55.3 Å². The van der Waals surface area contributed by atoms with Crippen molar-refractivity contribution in [3.63, 3.8) is 0 Å². The Morgan fingerprint density at radius 2 is 2.00 bits per heavy atom. The van der Waals surface area contributed by atoms with E-state index in [9.17, 15) is 0 Å². The van der Waals surface area contributed by atoms with Crippen LogP contribution < -0.4 is 5.32 Å². The summed E-state index contributed by atoms with van der Waals surface area (Å²) in [7, 11) is 0. The highest BCUT2D eigenvalue weighted by atomic mass is 16.5. The second kappa shape index (κ2) is 8.34. The van der Waals surface area contributed by atoms with E-state index in [-0.39, 0.29) is 0 Å². The van der Waals surface area contributed by atoms with Crippen molar-refractivity contribution in [2.75, 3.05) is 26.2 Å². The highest BCUT2D eigenvalue weighted by Crippen LogP contribution is 2.28. The van der Waals surface area contributed by atoms with Gasteiger partial charge in [-0.1, -0.05) is 38.1 Å². The van der Waals surface area contributed by atoms with Crippen LogP contribution in [0.25, 0.3) is 0 Å². The normalized spacial score (nSPS) is 17.6. The Balaban J connectivity index is 2.09. The summed E-state index contributed by atoms with van der Waals surface area (Å²) >= 11 is 0. The Bertz CT molecular complexity index is 525. The van der Waals surface area contributed by atoms with Crippen molar-refractivity contribution in [3.05, 3.63) is 35.4 Å². The molecular weight excluding hydrogens is 286 g/mol. The summed E-state index contributed by atoms with van der Waals surface area (Å²) in [6, 6.07) is 8.42. The monoisotopic (exact) mass is 317 g/mol. The van der Waals surface area contributed by atoms with Crippen LogP contribution in [-0.2, 0) is 17.9 Å². The standard InChI is InChI=1S/C19H31N3O/c1-5-20-18(22-12-11-19(3,4)15-22)21-13-16-9-7-8-10-17(16)14-23-6-2/h7-10H,5-6,11-15H2,1-4H3,(H,20,21). The first-order valence-electron chi connectivity index (χ1n) is 8.73. The summed E-state index contributed by atoms with van der Waals surface area (Å²) in [5.41, 5.74) is 2.86. The van der Waals surface area contributed by atoms with Crippen LogP contribution >= 0.6 is 0 Å². The predicted molar refractivity (Wildman–Crippen MR) is 96.6 cm³/mol. The molecule has 0 unspecified atom stereocenters. The molecule has 1 fully saturated rings. The zero-order valence-electron chi connectivity index (χ0n) is 15.1. The SMILES string of the molecule is CCNC(=NCc1ccccc1COCC)N1CCC(C)(C)C1. The molecule has 0 spiro atoms. The molecule has 128 valence electrons. The minimum absolute atomic E-state index is 0.378. The van der Waals surface area contributed by atoms with Crippen LogP contribution in [0.2, 0.25) is 0 Å². The molecule has 1 saturated heterocycles. The van der Waals surface area contributed by atoms with Crippen LogP contribution in [0.4, 0.5) is 0 Å². The van der Waals surface area contributed by atoms with Crippen molar-refractivity contribution in [3.8, 4) is 0 Å². The second-order valence-corrected chi connectivity index (χ2v) is 6.91. The fourth-order valence-electron chi connectivity index (χ4n) is 2.94. The van der Waals surface area contributed by atoms with Crippen LogP contribution in [0.1, 0.15) is 45.2 Å². The number of hydrogen-bond donors (Lipinski definition) is 1. The molecule has 0 aromatic heterocycles. The van der Waals surface area contributed by atoms with Gasteiger partial charge >= 0.3 is 0 Å². The summed E-state index contributed by atoms with van der Waals surface area (Å²) in [6.07, 6.45) is 1.22. The van der Waals surface area contributed by atoms with Gasteiger partial charge in [0.15, 0.2) is 5.96 Å². The van der Waals surface area contributed by atoms with Gasteiger partial charge in [-0.25, -0.2) is 4.99 Å². The molecule has 0 radical (unpaired) electrons. The molecule has 0 amide bonds. The number of nitrogens with one attached hydrogen (secondary N) is 1. The van der Waals surface area contributed by atoms with Gasteiger partial charge in [0.25, 0.3) is 0 Å². The van der Waals surface area contributed by atoms with Crippen LogP contribution in [0.5, 0.6) is 0 Å². The Hall–Kier alpha value is -1.55. The average Bonchev–Trinajstić information content (AvgIpc) is 2.90. The minimum atomic E-state index is 0.378. The fraction of sp³-hybridized carbons (Fsp3) is 0.632. The molecular formula is C19H31N3O. The highest BCUT2D eigenvalue weighted by molar-refractivity contribution is 5.80. The van der Waals surface area contributed by atoms with Crippen LogP contribution in [-0.4, -0.2) is 37.1 Å². The van der Waals surface area contributed by atoms with Crippen molar-refractivity contribution in [2.24, 2.45) is 10.4 Å². The minimum Gasteiger partial charge on any atom is -0.377 e. The second-order valence-electron chi connectivity index (χ2n) is 6.91. The number of nitrogens with zero attached hydrogens (tertiary/aromatic N) is 2. The van der Waals surface area contributed by atoms with Crippen molar-refractivity contribution in [1.29, 1.82) is 0 Å². The van der Waals surface area contributed by atoms with Gasteiger partial charge in [-0.15, -0.1) is 0 Å². The van der Waals surface area contributed by atoms with Crippen molar-refractivity contribution < 1.29 is 4.74 Å². The van der Waals surface area contributed by atoms with Gasteiger partial charge in [-0.05, 0) is 36.8 Å². The summed E-state index contributed by atoms with van der Waals surface area (Å²) in [4.78, 5) is 7.26. The van der Waals surface area contributed by atoms with Crippen molar-refractivity contribution >= 4 is 5.96 Å². The van der Waals surface area contributed by atoms with Crippen LogP contribution in [0.3, 0.4) is 0 Å². The van der Waals surface area contributed by atoms with E-state index < -0.39 is 0 Å². The number of guanidine groups is 1. The molecule has 1 aromatic carbocycles. The van der Waals surface area contributed by atoms with Crippen molar-refractivity contribution in [2.45, 2.75) is 47.3 Å². The van der Waals surface area contributed by atoms with E-state index in [1.54, 1.807) is 0 Å². The largest absolute Gasteiger partial charge is 0.377 e. The molecule has 2 rings (SSSR count). The maximum Gasteiger partial charge on any atom is 0.194 e. The molecule has 23 heavy (non-hydrogen) atoms. The number of hydrogen-bond acceptors (Lipinski definition) is 2. The van der Waals surface area contributed by atoms with Crippen LogP contribution in [0.15, 0.2) is 29.3 Å². The van der Waals surface area contributed by atoms with E-state index in [1.165, 1.54) is 17.5 Å². The molecule has 1 aromatic rings. The van der Waals surface area contributed by atoms with Gasteiger partial charge < -0.3 is 15.0 Å². The third-order valence-corrected chi connectivity index (χ3v) is 4.29. The molecule has 4 nitrogen and oxygen atoms in total. The lowest BCUT2D eigenvalue weighted by Crippen LogP contribution is -2.40. The third-order valence-electron chi connectivity index (χ3n) is 4.29. The van der Waals surface area contributed by atoms with Gasteiger partial charge in [0.1, 0.15) is 0 Å². The summed E-state index contributed by atoms with van der Waals surface area (Å²) < 4.78 is 5.57. The number of rotatable bonds is 6. The number of ether oxygens (including phenoxy) is 1. The topological polar surface area (TPSA) is 36.9 Å². The van der Waals surface area contributed by atoms with Gasteiger partial charge in [0, 0.05) is 26.2 Å². The van der Waals surface area contributed by atoms with E-state index in [4.69, 9.17) is 9.73 Å². The first kappa shape index (κ1) is 17.8. The van der Waals surface area contributed by atoms with E-state index in [0.29, 0.717) is 18.6 Å². The molecule has 0 aliphatic carbocycles. The smallest absolute Gasteiger partial charge is 0.194 e. The number of benzene rings is 1. The first-order chi connectivity index (χ1) is 11.1. The van der Waals surface area contributed by atoms with Crippen LogP contribution in [0, 0.1) is 5.41 Å². The molecule has 0 atom stereocenters. The summed E-state index contributed by atoms with van der Waals surface area (Å²) in [5, 5.41) is 3.44. The van der Waals surface area contributed by atoms with E-state index in [1.807, 2.05) is 6.92 Å². The Morgan fingerprint density at radius 1 is 1.26 bits per heavy atom. The lowest BCUT2D eigenvalue weighted by molar-refractivity contribution is 0.133. The van der Waals surface area contributed by atoms with Crippen molar-refractivity contribution in [1.82, 2.24) is 10.2 Å². The number of aliphatic imine (C=N–C) groups is 1.